The lowest BCUT2D eigenvalue weighted by molar-refractivity contribution is -0.138. The predicted molar refractivity (Wildman–Crippen MR) is 129 cm³/mol. The molecule has 2 aromatic heterocycles. The lowest BCUT2D eigenvalue weighted by Gasteiger charge is -2.41. The fraction of sp³-hybridized carbons (Fsp3) is 0.250. The number of rotatable bonds is 3. The molecule has 2 fully saturated rings. The van der Waals surface area contributed by atoms with Crippen molar-refractivity contribution in [2.75, 3.05) is 18.9 Å². The number of likely N-dealkylation sites (tertiary alicyclic amines) is 1. The van der Waals surface area contributed by atoms with E-state index >= 15 is 0 Å². The van der Waals surface area contributed by atoms with Crippen LogP contribution in [0.15, 0.2) is 71.5 Å². The Labute approximate surface area is 200 Å². The summed E-state index contributed by atoms with van der Waals surface area (Å²) < 4.78 is 4.73. The summed E-state index contributed by atoms with van der Waals surface area (Å²) in [5.74, 6) is -0.124. The minimum Gasteiger partial charge on any atom is -0.467 e. The number of fused-ring (bicyclic) bond motifs is 3. The van der Waals surface area contributed by atoms with E-state index in [9.17, 15) is 9.59 Å². The van der Waals surface area contributed by atoms with Gasteiger partial charge >= 0.3 is 0 Å². The predicted octanol–water partition coefficient (Wildman–Crippen LogP) is 3.35. The number of aromatic nitrogens is 1. The van der Waals surface area contributed by atoms with Crippen LogP contribution in [0.3, 0.4) is 0 Å². The fourth-order valence-corrected chi connectivity index (χ4v) is 7.73. The van der Waals surface area contributed by atoms with E-state index in [0.717, 1.165) is 16.9 Å². The van der Waals surface area contributed by atoms with E-state index in [-0.39, 0.29) is 24.3 Å². The highest BCUT2D eigenvalue weighted by atomic mass is 32.2. The van der Waals surface area contributed by atoms with Crippen molar-refractivity contribution < 1.29 is 14.0 Å². The number of thiocarbonyl (C=S) groups is 1. The second-order valence-corrected chi connectivity index (χ2v) is 10.4. The van der Waals surface area contributed by atoms with Gasteiger partial charge in [0.05, 0.1) is 12.8 Å². The van der Waals surface area contributed by atoms with Crippen molar-refractivity contribution >= 4 is 45.8 Å². The average molecular weight is 477 g/mol. The molecule has 0 radical (unpaired) electrons. The Morgan fingerprint density at radius 1 is 1.18 bits per heavy atom. The van der Waals surface area contributed by atoms with Crippen LogP contribution in [-0.2, 0) is 21.7 Å². The summed E-state index contributed by atoms with van der Waals surface area (Å²) in [5, 5.41) is 3.03. The van der Waals surface area contributed by atoms with Crippen molar-refractivity contribution in [3.8, 4) is 0 Å². The number of amides is 2. The number of carbonyl (C=O) groups excluding carboxylic acids is 2. The van der Waals surface area contributed by atoms with E-state index in [4.69, 9.17) is 16.6 Å². The molecule has 3 aliphatic heterocycles. The van der Waals surface area contributed by atoms with Gasteiger partial charge in [0.15, 0.2) is 5.54 Å². The van der Waals surface area contributed by atoms with E-state index < -0.39 is 10.3 Å². The summed E-state index contributed by atoms with van der Waals surface area (Å²) in [5.41, 5.74) is 1.05. The Morgan fingerprint density at radius 3 is 2.76 bits per heavy atom. The monoisotopic (exact) mass is 476 g/mol. The van der Waals surface area contributed by atoms with Crippen LogP contribution in [0.4, 0.5) is 5.69 Å². The molecule has 1 aromatic carbocycles. The number of furan rings is 1. The van der Waals surface area contributed by atoms with Crippen molar-refractivity contribution in [2.24, 2.45) is 0 Å². The SMILES string of the molecule is CN1C[C@@H](c2ccccn2)[C@@]2(SC(=S)N(Cc3ccco3)C2=O)[C@]12C(=O)Nc1ccccc12. The average Bonchev–Trinajstić information content (AvgIpc) is 3.55. The van der Waals surface area contributed by atoms with E-state index in [1.807, 2.05) is 60.5 Å². The lowest BCUT2D eigenvalue weighted by Crippen LogP contribution is -2.61. The largest absolute Gasteiger partial charge is 0.467 e. The molecule has 7 nitrogen and oxygen atoms in total. The van der Waals surface area contributed by atoms with Gasteiger partial charge in [0, 0.05) is 35.6 Å². The standard InChI is InChI=1S/C24H20N4O3S2/c1-27-14-17(18-9-4-5-11-25-18)24(23(27)16-8-2-3-10-19(16)26-20(23)29)21(30)28(22(32)33-24)13-15-7-6-12-31-15/h2-12,17H,13-14H2,1H3,(H,26,29)/t17-,23-,24-/m0/s1. The first-order chi connectivity index (χ1) is 16.0. The summed E-state index contributed by atoms with van der Waals surface area (Å²) in [4.78, 5) is 36.5. The van der Waals surface area contributed by atoms with Crippen LogP contribution in [-0.4, -0.2) is 49.3 Å². The molecule has 2 saturated heterocycles. The van der Waals surface area contributed by atoms with Gasteiger partial charge in [0.25, 0.3) is 5.91 Å². The highest BCUT2D eigenvalue weighted by Gasteiger charge is 2.78. The molecule has 6 rings (SSSR count). The molecule has 0 unspecified atom stereocenters. The van der Waals surface area contributed by atoms with Gasteiger partial charge in [-0.1, -0.05) is 48.2 Å². The number of anilines is 1. The number of carbonyl (C=O) groups is 2. The second kappa shape index (κ2) is 7.24. The topological polar surface area (TPSA) is 78.7 Å². The first-order valence-electron chi connectivity index (χ1n) is 10.6. The van der Waals surface area contributed by atoms with Gasteiger partial charge in [-0.3, -0.25) is 24.4 Å². The molecule has 166 valence electrons. The van der Waals surface area contributed by atoms with Crippen molar-refractivity contribution in [2.45, 2.75) is 22.7 Å². The Hall–Kier alpha value is -3.01. The number of nitrogens with zero attached hydrogens (tertiary/aromatic N) is 3. The number of pyridine rings is 1. The number of hydrogen-bond donors (Lipinski definition) is 1. The van der Waals surface area contributed by atoms with Gasteiger partial charge in [-0.15, -0.1) is 0 Å². The van der Waals surface area contributed by atoms with Crippen LogP contribution >= 0.6 is 24.0 Å². The zero-order valence-electron chi connectivity index (χ0n) is 17.7. The Morgan fingerprint density at radius 2 is 2.00 bits per heavy atom. The van der Waals surface area contributed by atoms with Gasteiger partial charge in [-0.05, 0) is 37.4 Å². The van der Waals surface area contributed by atoms with Crippen molar-refractivity contribution in [3.63, 3.8) is 0 Å². The molecule has 33 heavy (non-hydrogen) atoms. The Bertz CT molecular complexity index is 1280. The molecule has 9 heteroatoms. The van der Waals surface area contributed by atoms with Crippen molar-refractivity contribution in [3.05, 3.63) is 84.1 Å². The van der Waals surface area contributed by atoms with Crippen LogP contribution in [0.25, 0.3) is 0 Å². The zero-order chi connectivity index (χ0) is 22.8. The van der Waals surface area contributed by atoms with E-state index in [1.54, 1.807) is 23.4 Å². The third kappa shape index (κ3) is 2.55. The molecular formula is C24H20N4O3S2. The molecule has 0 bridgehead atoms. The van der Waals surface area contributed by atoms with E-state index in [0.29, 0.717) is 16.6 Å². The Kier molecular flexibility index (Phi) is 4.52. The quantitative estimate of drug-likeness (QED) is 0.581. The number of likely N-dealkylation sites (N-methyl/N-ethyl adjacent to an activating group) is 1. The minimum absolute atomic E-state index is 0.194. The number of hydrogen-bond acceptors (Lipinski definition) is 7. The molecule has 1 N–H and O–H groups in total. The molecule has 3 aliphatic rings. The van der Waals surface area contributed by atoms with Crippen molar-refractivity contribution in [1.82, 2.24) is 14.8 Å². The molecule has 5 heterocycles. The molecule has 2 amide bonds. The van der Waals surface area contributed by atoms with Gasteiger partial charge in [0.2, 0.25) is 5.91 Å². The highest BCUT2D eigenvalue weighted by Crippen LogP contribution is 2.65. The van der Waals surface area contributed by atoms with Gasteiger partial charge < -0.3 is 9.73 Å². The first kappa shape index (κ1) is 20.6. The van der Waals surface area contributed by atoms with Crippen LogP contribution < -0.4 is 5.32 Å². The normalized spacial score (nSPS) is 28.8. The van der Waals surface area contributed by atoms with Gasteiger partial charge in [-0.25, -0.2) is 0 Å². The van der Waals surface area contributed by atoms with Crippen LogP contribution in [0, 0.1) is 0 Å². The fourth-order valence-electron chi connectivity index (χ4n) is 5.61. The molecule has 3 aromatic rings. The van der Waals surface area contributed by atoms with Gasteiger partial charge in [0.1, 0.15) is 14.8 Å². The smallest absolute Gasteiger partial charge is 0.251 e. The molecule has 0 aliphatic carbocycles. The maximum Gasteiger partial charge on any atom is 0.251 e. The highest BCUT2D eigenvalue weighted by molar-refractivity contribution is 8.25. The summed E-state index contributed by atoms with van der Waals surface area (Å²) in [6, 6.07) is 16.9. The minimum atomic E-state index is -1.23. The zero-order valence-corrected chi connectivity index (χ0v) is 19.4. The summed E-state index contributed by atoms with van der Waals surface area (Å²) >= 11 is 7.06. The number of benzene rings is 1. The summed E-state index contributed by atoms with van der Waals surface area (Å²) in [7, 11) is 1.90. The van der Waals surface area contributed by atoms with Crippen LogP contribution in [0.1, 0.15) is 22.9 Å². The first-order valence-corrected chi connectivity index (χ1v) is 11.8. The maximum absolute atomic E-state index is 14.5. The molecule has 3 atom stereocenters. The van der Waals surface area contributed by atoms with Crippen LogP contribution in [0.5, 0.6) is 0 Å². The van der Waals surface area contributed by atoms with E-state index in [2.05, 4.69) is 10.3 Å². The maximum atomic E-state index is 14.5. The number of nitrogens with one attached hydrogen (secondary N) is 1. The van der Waals surface area contributed by atoms with Gasteiger partial charge in [-0.2, -0.15) is 0 Å². The third-order valence-corrected chi connectivity index (χ3v) is 8.86. The molecule has 0 saturated carbocycles. The lowest BCUT2D eigenvalue weighted by atomic mass is 9.73. The Balaban J connectivity index is 1.59. The molecular weight excluding hydrogens is 456 g/mol. The number of para-hydroxylation sites is 1. The van der Waals surface area contributed by atoms with E-state index in [1.165, 1.54) is 11.8 Å². The van der Waals surface area contributed by atoms with Crippen molar-refractivity contribution in [1.29, 1.82) is 0 Å². The summed E-state index contributed by atoms with van der Waals surface area (Å²) in [6.07, 6.45) is 3.30. The number of thioether (sulfide) groups is 1. The van der Waals surface area contributed by atoms with Crippen LogP contribution in [0.2, 0.25) is 0 Å². The molecule has 2 spiro atoms. The third-order valence-electron chi connectivity index (χ3n) is 6.92. The summed E-state index contributed by atoms with van der Waals surface area (Å²) in [6.45, 7) is 0.701. The second-order valence-electron chi connectivity index (χ2n) is 8.47.